The van der Waals surface area contributed by atoms with Gasteiger partial charge >= 0.3 is 5.97 Å². The molecule has 1 rings (SSSR count). The minimum atomic E-state index is -0.536. The summed E-state index contributed by atoms with van der Waals surface area (Å²) in [6, 6.07) is 0.269. The molecule has 0 N–H and O–H groups in total. The van der Waals surface area contributed by atoms with Gasteiger partial charge in [0.2, 0.25) is 0 Å². The minimum absolute atomic E-state index is 0.127. The first-order valence-corrected chi connectivity index (χ1v) is 8.54. The van der Waals surface area contributed by atoms with Crippen LogP contribution < -0.4 is 4.90 Å². The maximum atomic E-state index is 11.8. The van der Waals surface area contributed by atoms with Gasteiger partial charge in [-0.25, -0.2) is 9.78 Å². The predicted molar refractivity (Wildman–Crippen MR) is 84.3 cm³/mol. The van der Waals surface area contributed by atoms with Crippen LogP contribution in [-0.4, -0.2) is 48.4 Å². The lowest BCUT2D eigenvalue weighted by molar-refractivity contribution is 0.0517. The highest BCUT2D eigenvalue weighted by atomic mass is 32.2. The lowest BCUT2D eigenvalue weighted by atomic mass is 10.3. The van der Waals surface area contributed by atoms with Crippen molar-refractivity contribution < 1.29 is 14.3 Å². The highest BCUT2D eigenvalue weighted by molar-refractivity contribution is 7.98. The Bertz CT molecular complexity index is 488. The van der Waals surface area contributed by atoms with E-state index in [1.54, 1.807) is 18.7 Å². The van der Waals surface area contributed by atoms with Crippen LogP contribution in [0.1, 0.15) is 40.9 Å². The average molecular weight is 316 g/mol. The summed E-state index contributed by atoms with van der Waals surface area (Å²) in [5.41, 5.74) is 0.127. The van der Waals surface area contributed by atoms with Gasteiger partial charge in [0.15, 0.2) is 16.6 Å². The molecule has 1 aromatic rings. The van der Waals surface area contributed by atoms with Crippen molar-refractivity contribution >= 4 is 40.0 Å². The summed E-state index contributed by atoms with van der Waals surface area (Å²) in [5, 5.41) is 0.666. The molecule has 0 saturated heterocycles. The number of thiazole rings is 1. The SMILES string of the molecule is CCOC(=O)c1nc(N(C)C(C)CSC)sc1C(C)=O. The zero-order valence-corrected chi connectivity index (χ0v) is 14.1. The van der Waals surface area contributed by atoms with Gasteiger partial charge in [0.1, 0.15) is 4.88 Å². The van der Waals surface area contributed by atoms with Gasteiger partial charge in [0.25, 0.3) is 0 Å². The Balaban J connectivity index is 3.08. The lowest BCUT2D eigenvalue weighted by Gasteiger charge is -2.23. The first kappa shape index (κ1) is 17.0. The van der Waals surface area contributed by atoms with Gasteiger partial charge in [0, 0.05) is 25.8 Å². The summed E-state index contributed by atoms with van der Waals surface area (Å²) in [4.78, 5) is 30.1. The van der Waals surface area contributed by atoms with Crippen LogP contribution in [0, 0.1) is 0 Å². The second-order valence-electron chi connectivity index (χ2n) is 4.37. The molecule has 7 heteroatoms. The third-order valence-electron chi connectivity index (χ3n) is 2.78. The first-order valence-electron chi connectivity index (χ1n) is 6.33. The van der Waals surface area contributed by atoms with E-state index in [9.17, 15) is 9.59 Å². The Morgan fingerprint density at radius 1 is 1.50 bits per heavy atom. The second kappa shape index (κ2) is 7.64. The van der Waals surface area contributed by atoms with Crippen molar-refractivity contribution in [3.63, 3.8) is 0 Å². The van der Waals surface area contributed by atoms with Crippen LogP contribution in [0.15, 0.2) is 0 Å². The van der Waals surface area contributed by atoms with Gasteiger partial charge in [-0.3, -0.25) is 4.79 Å². The molecule has 0 aliphatic heterocycles. The number of esters is 1. The van der Waals surface area contributed by atoms with Crippen LogP contribution in [0.25, 0.3) is 0 Å². The van der Waals surface area contributed by atoms with E-state index in [4.69, 9.17) is 4.74 Å². The topological polar surface area (TPSA) is 59.5 Å². The van der Waals surface area contributed by atoms with Crippen molar-refractivity contribution in [1.29, 1.82) is 0 Å². The largest absolute Gasteiger partial charge is 0.461 e. The van der Waals surface area contributed by atoms with Gasteiger partial charge in [-0.05, 0) is 20.1 Å². The Morgan fingerprint density at radius 2 is 2.15 bits per heavy atom. The number of ether oxygens (including phenoxy) is 1. The number of Topliss-reactive ketones (excluding diaryl/α,β-unsaturated/α-hetero) is 1. The minimum Gasteiger partial charge on any atom is -0.461 e. The predicted octanol–water partition coefficient (Wildman–Crippen LogP) is 2.71. The van der Waals surface area contributed by atoms with Gasteiger partial charge in [-0.1, -0.05) is 11.3 Å². The number of thioether (sulfide) groups is 1. The van der Waals surface area contributed by atoms with Crippen molar-refractivity contribution in [2.75, 3.05) is 30.6 Å². The molecule has 0 bridgehead atoms. The Labute approximate surface area is 127 Å². The van der Waals surface area contributed by atoms with E-state index >= 15 is 0 Å². The molecular weight excluding hydrogens is 296 g/mol. The Morgan fingerprint density at radius 3 is 2.65 bits per heavy atom. The van der Waals surface area contributed by atoms with Gasteiger partial charge in [-0.15, -0.1) is 0 Å². The third-order valence-corrected chi connectivity index (χ3v) is 4.84. The molecule has 0 aromatic carbocycles. The molecule has 0 saturated carbocycles. The molecular formula is C13H20N2O3S2. The van der Waals surface area contributed by atoms with E-state index in [-0.39, 0.29) is 24.1 Å². The van der Waals surface area contributed by atoms with Crippen molar-refractivity contribution in [2.24, 2.45) is 0 Å². The summed E-state index contributed by atoms with van der Waals surface area (Å²) >= 11 is 2.98. The quantitative estimate of drug-likeness (QED) is 0.569. The van der Waals surface area contributed by atoms with Crippen LogP contribution in [-0.2, 0) is 4.74 Å². The van der Waals surface area contributed by atoms with Crippen LogP contribution in [0.3, 0.4) is 0 Å². The Kier molecular flexibility index (Phi) is 6.48. The maximum absolute atomic E-state index is 11.8. The van der Waals surface area contributed by atoms with E-state index in [0.29, 0.717) is 10.0 Å². The molecule has 0 aliphatic rings. The molecule has 5 nitrogen and oxygen atoms in total. The first-order chi connectivity index (χ1) is 9.42. The number of aromatic nitrogens is 1. The summed E-state index contributed by atoms with van der Waals surface area (Å²) in [6.45, 7) is 5.51. The normalized spacial score (nSPS) is 12.1. The van der Waals surface area contributed by atoms with Crippen LogP contribution >= 0.6 is 23.1 Å². The average Bonchev–Trinajstić information content (AvgIpc) is 2.83. The zero-order valence-electron chi connectivity index (χ0n) is 12.4. The lowest BCUT2D eigenvalue weighted by Crippen LogP contribution is -2.30. The van der Waals surface area contributed by atoms with Crippen LogP contribution in [0.4, 0.5) is 5.13 Å². The fraction of sp³-hybridized carbons (Fsp3) is 0.615. The summed E-state index contributed by atoms with van der Waals surface area (Å²) in [7, 11) is 1.92. The van der Waals surface area contributed by atoms with Gasteiger partial charge in [0.05, 0.1) is 6.61 Å². The molecule has 1 unspecified atom stereocenters. The number of nitrogens with zero attached hydrogens (tertiary/aromatic N) is 2. The number of anilines is 1. The summed E-state index contributed by atoms with van der Waals surface area (Å²) < 4.78 is 4.95. The Hall–Kier alpha value is -1.08. The summed E-state index contributed by atoms with van der Waals surface area (Å²) in [6.07, 6.45) is 2.04. The van der Waals surface area contributed by atoms with E-state index in [1.807, 2.05) is 18.2 Å². The molecule has 0 aliphatic carbocycles. The molecule has 0 fully saturated rings. The maximum Gasteiger partial charge on any atom is 0.358 e. The highest BCUT2D eigenvalue weighted by Crippen LogP contribution is 2.28. The highest BCUT2D eigenvalue weighted by Gasteiger charge is 2.24. The number of carbonyl (C=O) groups is 2. The van der Waals surface area contributed by atoms with Gasteiger partial charge in [-0.2, -0.15) is 11.8 Å². The van der Waals surface area contributed by atoms with Crippen molar-refractivity contribution in [3.8, 4) is 0 Å². The molecule has 0 spiro atoms. The van der Waals surface area contributed by atoms with E-state index in [1.165, 1.54) is 18.3 Å². The monoisotopic (exact) mass is 316 g/mol. The molecule has 112 valence electrons. The van der Waals surface area contributed by atoms with Crippen molar-refractivity contribution in [2.45, 2.75) is 26.8 Å². The number of rotatable bonds is 7. The molecule has 0 amide bonds. The fourth-order valence-electron chi connectivity index (χ4n) is 1.58. The van der Waals surface area contributed by atoms with E-state index < -0.39 is 5.97 Å². The van der Waals surface area contributed by atoms with Crippen LogP contribution in [0.5, 0.6) is 0 Å². The molecule has 1 heterocycles. The molecule has 0 radical (unpaired) electrons. The number of ketones is 1. The van der Waals surface area contributed by atoms with Crippen LogP contribution in [0.2, 0.25) is 0 Å². The molecule has 20 heavy (non-hydrogen) atoms. The second-order valence-corrected chi connectivity index (χ2v) is 6.25. The smallest absolute Gasteiger partial charge is 0.358 e. The number of hydrogen-bond acceptors (Lipinski definition) is 7. The fourth-order valence-corrected chi connectivity index (χ4v) is 3.30. The van der Waals surface area contributed by atoms with Crippen molar-refractivity contribution in [1.82, 2.24) is 4.98 Å². The molecule has 1 atom stereocenters. The number of hydrogen-bond donors (Lipinski definition) is 0. The van der Waals surface area contributed by atoms with E-state index in [2.05, 4.69) is 11.9 Å². The molecule has 1 aromatic heterocycles. The number of carbonyl (C=O) groups excluding carboxylic acids is 2. The van der Waals surface area contributed by atoms with Crippen molar-refractivity contribution in [3.05, 3.63) is 10.6 Å². The van der Waals surface area contributed by atoms with Gasteiger partial charge < -0.3 is 9.64 Å². The standard InChI is InChI=1S/C13H20N2O3S2/c1-6-18-12(17)10-11(9(3)16)20-13(14-10)15(4)8(2)7-19-5/h8H,6-7H2,1-5H3. The zero-order chi connectivity index (χ0) is 15.3. The third kappa shape index (κ3) is 3.96. The summed E-state index contributed by atoms with van der Waals surface area (Å²) in [5.74, 6) is 0.245. The van der Waals surface area contributed by atoms with E-state index in [0.717, 1.165) is 5.75 Å².